The Balaban J connectivity index is 2.02. The number of hydrogen-bond acceptors (Lipinski definition) is 3. The van der Waals surface area contributed by atoms with Gasteiger partial charge in [-0.15, -0.1) is 0 Å². The summed E-state index contributed by atoms with van der Waals surface area (Å²) in [6.45, 7) is 7.64. The minimum atomic E-state index is 0.668. The maximum atomic E-state index is 5.39. The van der Waals surface area contributed by atoms with E-state index in [4.69, 9.17) is 9.47 Å². The molecule has 1 rings (SSSR count). The van der Waals surface area contributed by atoms with Gasteiger partial charge >= 0.3 is 0 Å². The highest BCUT2D eigenvalue weighted by Gasteiger charge is 1.95. The van der Waals surface area contributed by atoms with E-state index in [9.17, 15) is 0 Å². The second kappa shape index (κ2) is 6.56. The topological polar surface area (TPSA) is 36.3 Å². The third-order valence-electron chi connectivity index (χ3n) is 1.98. The summed E-state index contributed by atoms with van der Waals surface area (Å²) >= 11 is 0. The Morgan fingerprint density at radius 1 is 1.29 bits per heavy atom. The van der Waals surface area contributed by atoms with Gasteiger partial charge in [-0.25, -0.2) is 4.98 Å². The van der Waals surface area contributed by atoms with Crippen LogP contribution < -0.4 is 0 Å². The standard InChI is InChI=1S/C10H18N2O2/c1-3-13-8-9-14-7-6-12-5-4-11-10(12)2/h4-5H,3,6-9H2,1-2H3. The molecule has 0 saturated carbocycles. The second-order valence-electron chi connectivity index (χ2n) is 2.98. The summed E-state index contributed by atoms with van der Waals surface area (Å²) in [6.07, 6.45) is 3.76. The summed E-state index contributed by atoms with van der Waals surface area (Å²) in [5.74, 6) is 1.03. The molecule has 0 spiro atoms. The summed E-state index contributed by atoms with van der Waals surface area (Å²) < 4.78 is 12.6. The molecule has 0 unspecified atom stereocenters. The van der Waals surface area contributed by atoms with E-state index >= 15 is 0 Å². The fourth-order valence-corrected chi connectivity index (χ4v) is 1.17. The largest absolute Gasteiger partial charge is 0.379 e. The number of aryl methyl sites for hydroxylation is 1. The highest BCUT2D eigenvalue weighted by molar-refractivity contribution is 4.87. The molecule has 0 aliphatic carbocycles. The molecule has 80 valence electrons. The predicted octanol–water partition coefficient (Wildman–Crippen LogP) is 1.24. The quantitative estimate of drug-likeness (QED) is 0.618. The summed E-state index contributed by atoms with van der Waals surface area (Å²) in [5.41, 5.74) is 0. The third kappa shape index (κ3) is 3.89. The molecule has 4 nitrogen and oxygen atoms in total. The van der Waals surface area contributed by atoms with Crippen LogP contribution in [0.15, 0.2) is 12.4 Å². The number of imidazole rings is 1. The minimum absolute atomic E-state index is 0.668. The normalized spacial score (nSPS) is 10.7. The zero-order valence-corrected chi connectivity index (χ0v) is 8.90. The van der Waals surface area contributed by atoms with Crippen LogP contribution in [0.25, 0.3) is 0 Å². The maximum absolute atomic E-state index is 5.39. The van der Waals surface area contributed by atoms with Crippen molar-refractivity contribution in [3.8, 4) is 0 Å². The molecule has 0 aromatic carbocycles. The summed E-state index contributed by atoms with van der Waals surface area (Å²) in [4.78, 5) is 4.13. The van der Waals surface area contributed by atoms with Gasteiger partial charge in [0.05, 0.1) is 19.8 Å². The van der Waals surface area contributed by atoms with Crippen molar-refractivity contribution in [1.29, 1.82) is 0 Å². The van der Waals surface area contributed by atoms with Crippen molar-refractivity contribution in [2.75, 3.05) is 26.4 Å². The molecule has 4 heteroatoms. The Labute approximate surface area is 84.9 Å². The monoisotopic (exact) mass is 198 g/mol. The summed E-state index contributed by atoms with van der Waals surface area (Å²) in [6, 6.07) is 0. The zero-order chi connectivity index (χ0) is 10.2. The lowest BCUT2D eigenvalue weighted by molar-refractivity contribution is 0.0495. The van der Waals surface area contributed by atoms with Crippen LogP contribution in [-0.4, -0.2) is 36.0 Å². The molecule has 14 heavy (non-hydrogen) atoms. The Morgan fingerprint density at radius 2 is 2.07 bits per heavy atom. The van der Waals surface area contributed by atoms with E-state index < -0.39 is 0 Å². The zero-order valence-electron chi connectivity index (χ0n) is 8.90. The average molecular weight is 198 g/mol. The van der Waals surface area contributed by atoms with E-state index in [1.54, 1.807) is 6.20 Å². The van der Waals surface area contributed by atoms with Crippen molar-refractivity contribution in [3.63, 3.8) is 0 Å². The lowest BCUT2D eigenvalue weighted by atomic mass is 10.6. The first kappa shape index (κ1) is 11.2. The SMILES string of the molecule is CCOCCOCCn1ccnc1C. The smallest absolute Gasteiger partial charge is 0.105 e. The van der Waals surface area contributed by atoms with E-state index in [1.165, 1.54) is 0 Å². The summed E-state index contributed by atoms with van der Waals surface area (Å²) in [5, 5.41) is 0. The average Bonchev–Trinajstić information content (AvgIpc) is 2.58. The molecule has 1 aromatic heterocycles. The van der Waals surface area contributed by atoms with Gasteiger partial charge in [0.25, 0.3) is 0 Å². The van der Waals surface area contributed by atoms with Gasteiger partial charge in [-0.3, -0.25) is 0 Å². The maximum Gasteiger partial charge on any atom is 0.105 e. The fraction of sp³-hybridized carbons (Fsp3) is 0.700. The number of aromatic nitrogens is 2. The van der Waals surface area contributed by atoms with Gasteiger partial charge in [0.15, 0.2) is 0 Å². The van der Waals surface area contributed by atoms with Crippen molar-refractivity contribution in [2.45, 2.75) is 20.4 Å². The van der Waals surface area contributed by atoms with E-state index in [1.807, 2.05) is 20.0 Å². The Bertz CT molecular complexity index is 248. The lowest BCUT2D eigenvalue weighted by Crippen LogP contribution is -2.10. The van der Waals surface area contributed by atoms with Crippen LogP contribution in [-0.2, 0) is 16.0 Å². The molecule has 0 radical (unpaired) electrons. The van der Waals surface area contributed by atoms with E-state index in [0.717, 1.165) is 19.0 Å². The third-order valence-corrected chi connectivity index (χ3v) is 1.98. The van der Waals surface area contributed by atoms with Gasteiger partial charge < -0.3 is 14.0 Å². The lowest BCUT2D eigenvalue weighted by Gasteiger charge is -2.06. The van der Waals surface area contributed by atoms with Crippen LogP contribution in [0, 0.1) is 6.92 Å². The molecule has 1 heterocycles. The molecular formula is C10H18N2O2. The summed E-state index contributed by atoms with van der Waals surface area (Å²) in [7, 11) is 0. The van der Waals surface area contributed by atoms with E-state index in [0.29, 0.717) is 19.8 Å². The van der Waals surface area contributed by atoms with Crippen molar-refractivity contribution in [2.24, 2.45) is 0 Å². The number of ether oxygens (including phenoxy) is 2. The number of nitrogens with zero attached hydrogens (tertiary/aromatic N) is 2. The van der Waals surface area contributed by atoms with Gasteiger partial charge in [-0.1, -0.05) is 0 Å². The molecule has 0 saturated heterocycles. The fourth-order valence-electron chi connectivity index (χ4n) is 1.17. The highest BCUT2D eigenvalue weighted by Crippen LogP contribution is 1.94. The van der Waals surface area contributed by atoms with Crippen molar-refractivity contribution < 1.29 is 9.47 Å². The van der Waals surface area contributed by atoms with E-state index in [2.05, 4.69) is 9.55 Å². The molecule has 1 aromatic rings. The highest BCUT2D eigenvalue weighted by atomic mass is 16.5. The number of hydrogen-bond donors (Lipinski definition) is 0. The molecule has 0 N–H and O–H groups in total. The van der Waals surface area contributed by atoms with Crippen LogP contribution in [0.4, 0.5) is 0 Å². The first-order valence-electron chi connectivity index (χ1n) is 4.97. The molecule has 0 aliphatic heterocycles. The van der Waals surface area contributed by atoms with Gasteiger partial charge in [0, 0.05) is 25.5 Å². The molecule has 0 bridgehead atoms. The predicted molar refractivity (Wildman–Crippen MR) is 54.3 cm³/mol. The molecular weight excluding hydrogens is 180 g/mol. The molecule has 0 atom stereocenters. The molecule has 0 aliphatic rings. The first-order valence-corrected chi connectivity index (χ1v) is 4.97. The van der Waals surface area contributed by atoms with Crippen molar-refractivity contribution in [1.82, 2.24) is 9.55 Å². The second-order valence-corrected chi connectivity index (χ2v) is 2.98. The van der Waals surface area contributed by atoms with Gasteiger partial charge in [0.1, 0.15) is 5.82 Å². The Kier molecular flexibility index (Phi) is 5.25. The molecule has 0 fully saturated rings. The van der Waals surface area contributed by atoms with Gasteiger partial charge in [-0.2, -0.15) is 0 Å². The van der Waals surface area contributed by atoms with Crippen LogP contribution in [0.1, 0.15) is 12.7 Å². The van der Waals surface area contributed by atoms with Crippen LogP contribution in [0.2, 0.25) is 0 Å². The Hall–Kier alpha value is -0.870. The van der Waals surface area contributed by atoms with Crippen LogP contribution in [0.3, 0.4) is 0 Å². The van der Waals surface area contributed by atoms with Crippen LogP contribution in [0.5, 0.6) is 0 Å². The molecule has 0 amide bonds. The van der Waals surface area contributed by atoms with Crippen LogP contribution >= 0.6 is 0 Å². The van der Waals surface area contributed by atoms with Crippen molar-refractivity contribution in [3.05, 3.63) is 18.2 Å². The first-order chi connectivity index (χ1) is 6.84. The van der Waals surface area contributed by atoms with E-state index in [-0.39, 0.29) is 0 Å². The van der Waals surface area contributed by atoms with Gasteiger partial charge in [-0.05, 0) is 13.8 Å². The Morgan fingerprint density at radius 3 is 2.71 bits per heavy atom. The van der Waals surface area contributed by atoms with Gasteiger partial charge in [0.2, 0.25) is 0 Å². The van der Waals surface area contributed by atoms with Crippen molar-refractivity contribution >= 4 is 0 Å². The number of rotatable bonds is 7. The minimum Gasteiger partial charge on any atom is -0.379 e.